The summed E-state index contributed by atoms with van der Waals surface area (Å²) in [5.41, 5.74) is 5.88. The molecule has 0 spiro atoms. The van der Waals surface area contributed by atoms with Gasteiger partial charge in [0.2, 0.25) is 0 Å². The van der Waals surface area contributed by atoms with Gasteiger partial charge < -0.3 is 10.5 Å². The van der Waals surface area contributed by atoms with E-state index < -0.39 is 22.3 Å². The topological polar surface area (TPSA) is 147 Å². The summed E-state index contributed by atoms with van der Waals surface area (Å²) in [6.07, 6.45) is 0.384. The Balaban J connectivity index is 1.87. The number of benzene rings is 2. The minimum atomic E-state index is -0.780. The van der Waals surface area contributed by atoms with Gasteiger partial charge in [-0.15, -0.1) is 0 Å². The Bertz CT molecular complexity index is 1360. The fourth-order valence-electron chi connectivity index (χ4n) is 3.59. The van der Waals surface area contributed by atoms with E-state index in [0.717, 1.165) is 16.2 Å². The molecule has 0 saturated carbocycles. The van der Waals surface area contributed by atoms with Crippen molar-refractivity contribution in [1.29, 1.82) is 0 Å². The van der Waals surface area contributed by atoms with Crippen LogP contribution >= 0.6 is 15.9 Å². The van der Waals surface area contributed by atoms with Crippen molar-refractivity contribution in [2.24, 2.45) is 0 Å². The van der Waals surface area contributed by atoms with Crippen LogP contribution in [0.1, 0.15) is 31.8 Å². The molecule has 0 bridgehead atoms. The summed E-state index contributed by atoms with van der Waals surface area (Å²) in [7, 11) is 1.56. The number of aromatic nitrogens is 1. The summed E-state index contributed by atoms with van der Waals surface area (Å²) >= 11 is 3.31. The third-order valence-electron chi connectivity index (χ3n) is 5.04. The smallest absolute Gasteiger partial charge is 0.294 e. The number of amides is 2. The zero-order valence-corrected chi connectivity index (χ0v) is 18.1. The van der Waals surface area contributed by atoms with Gasteiger partial charge in [-0.2, -0.15) is 0 Å². The predicted molar refractivity (Wildman–Crippen MR) is 118 cm³/mol. The molecule has 1 aromatic heterocycles. The van der Waals surface area contributed by atoms with E-state index in [1.54, 1.807) is 25.3 Å². The number of halogens is 1. The number of anilines is 1. The molecule has 0 radical (unpaired) electrons. The van der Waals surface area contributed by atoms with Crippen molar-refractivity contribution in [2.45, 2.75) is 6.42 Å². The van der Waals surface area contributed by atoms with Crippen LogP contribution in [-0.4, -0.2) is 28.4 Å². The second-order valence-corrected chi connectivity index (χ2v) is 7.86. The van der Waals surface area contributed by atoms with Crippen LogP contribution in [0.15, 0.2) is 51.7 Å². The molecule has 2 aromatic carbocycles. The molecule has 3 aromatic rings. The van der Waals surface area contributed by atoms with Crippen LogP contribution in [0, 0.1) is 10.1 Å². The van der Waals surface area contributed by atoms with Crippen molar-refractivity contribution in [3.8, 4) is 11.4 Å². The molecule has 1 aliphatic heterocycles. The average molecular weight is 499 g/mol. The van der Waals surface area contributed by atoms with Crippen LogP contribution < -0.4 is 21.3 Å². The van der Waals surface area contributed by atoms with Crippen LogP contribution in [0.2, 0.25) is 0 Å². The maximum Gasteiger partial charge on any atom is 0.294 e. The number of methoxy groups -OCH3 is 1. The van der Waals surface area contributed by atoms with Crippen molar-refractivity contribution in [2.75, 3.05) is 12.8 Å². The van der Waals surface area contributed by atoms with Crippen LogP contribution in [0.3, 0.4) is 0 Å². The molecule has 3 N–H and O–H groups in total. The SMILES string of the molecule is COc1ccc(Cc2cc(Br)c(-n3c(N)c4c(cc3=O)C(=O)NC4=O)c([N+](=O)[O-])c2)cc1. The number of nitro benzene ring substituents is 1. The molecule has 4 rings (SSSR count). The first-order valence-corrected chi connectivity index (χ1v) is 10.0. The van der Waals surface area contributed by atoms with E-state index in [2.05, 4.69) is 21.2 Å². The van der Waals surface area contributed by atoms with Crippen molar-refractivity contribution < 1.29 is 19.2 Å². The molecule has 0 aliphatic carbocycles. The molecular formula is C21H15BrN4O6. The van der Waals surface area contributed by atoms with Crippen molar-refractivity contribution in [3.63, 3.8) is 0 Å². The Morgan fingerprint density at radius 2 is 1.78 bits per heavy atom. The number of rotatable bonds is 5. The number of ether oxygens (including phenoxy) is 1. The highest BCUT2D eigenvalue weighted by molar-refractivity contribution is 9.10. The number of imide groups is 1. The van der Waals surface area contributed by atoms with E-state index in [4.69, 9.17) is 10.5 Å². The lowest BCUT2D eigenvalue weighted by Crippen LogP contribution is -2.25. The highest BCUT2D eigenvalue weighted by Crippen LogP contribution is 2.35. The van der Waals surface area contributed by atoms with Crippen molar-refractivity contribution in [1.82, 2.24) is 9.88 Å². The third kappa shape index (κ3) is 3.52. The number of fused-ring (bicyclic) bond motifs is 1. The van der Waals surface area contributed by atoms with Gasteiger partial charge in [0, 0.05) is 16.6 Å². The van der Waals surface area contributed by atoms with E-state index in [-0.39, 0.29) is 32.8 Å². The molecular weight excluding hydrogens is 484 g/mol. The predicted octanol–water partition coefficient (Wildman–Crippen LogP) is 2.57. The van der Waals surface area contributed by atoms with E-state index in [1.165, 1.54) is 6.07 Å². The Morgan fingerprint density at radius 1 is 1.09 bits per heavy atom. The highest BCUT2D eigenvalue weighted by Gasteiger charge is 2.33. The molecule has 0 atom stereocenters. The summed E-state index contributed by atoms with van der Waals surface area (Å²) in [5, 5.41) is 13.9. The first-order valence-electron chi connectivity index (χ1n) is 9.22. The Morgan fingerprint density at radius 3 is 2.41 bits per heavy atom. The minimum Gasteiger partial charge on any atom is -0.497 e. The normalized spacial score (nSPS) is 12.4. The number of carbonyl (C=O) groups excluding carboxylic acids is 2. The number of nitrogen functional groups attached to an aromatic ring is 1. The molecule has 10 nitrogen and oxygen atoms in total. The van der Waals surface area contributed by atoms with Gasteiger partial charge in [0.15, 0.2) is 0 Å². The lowest BCUT2D eigenvalue weighted by molar-refractivity contribution is -0.384. The molecule has 0 fully saturated rings. The third-order valence-corrected chi connectivity index (χ3v) is 5.65. The number of hydrogen-bond donors (Lipinski definition) is 2. The lowest BCUT2D eigenvalue weighted by Gasteiger charge is -2.15. The second kappa shape index (κ2) is 7.93. The van der Waals surface area contributed by atoms with Gasteiger partial charge in [-0.1, -0.05) is 12.1 Å². The highest BCUT2D eigenvalue weighted by atomic mass is 79.9. The number of nitrogens with two attached hydrogens (primary N) is 1. The summed E-state index contributed by atoms with van der Waals surface area (Å²) in [6.45, 7) is 0. The summed E-state index contributed by atoms with van der Waals surface area (Å²) in [5.74, 6) is -1.19. The number of pyridine rings is 1. The molecule has 162 valence electrons. The van der Waals surface area contributed by atoms with Gasteiger partial charge in [0.1, 0.15) is 17.3 Å². The fraction of sp³-hybridized carbons (Fsp3) is 0.0952. The van der Waals surface area contributed by atoms with Gasteiger partial charge in [-0.3, -0.25) is 34.4 Å². The molecule has 2 amide bonds. The van der Waals surface area contributed by atoms with Crippen molar-refractivity contribution >= 4 is 39.2 Å². The zero-order valence-electron chi connectivity index (χ0n) is 16.5. The Kier molecular flexibility index (Phi) is 5.26. The van der Waals surface area contributed by atoms with E-state index in [9.17, 15) is 24.5 Å². The average Bonchev–Trinajstić information content (AvgIpc) is 3.02. The Hall–Kier alpha value is -3.99. The standard InChI is InChI=1S/C21H15BrN4O6/c1-32-12-4-2-10(3-5-12)6-11-7-14(22)18(15(8-11)26(30)31)25-16(27)9-13-17(19(25)23)21(29)24-20(13)28/h2-5,7-9H,6,23H2,1H3,(H,24,28,29). The van der Waals surface area contributed by atoms with Crippen LogP contribution in [0.5, 0.6) is 5.75 Å². The summed E-state index contributed by atoms with van der Waals surface area (Å²) in [4.78, 5) is 48.0. The van der Waals surface area contributed by atoms with Gasteiger partial charge in [-0.05, 0) is 51.7 Å². The number of nitrogens with one attached hydrogen (secondary N) is 1. The molecule has 2 heterocycles. The molecule has 1 aliphatic rings. The number of hydrogen-bond acceptors (Lipinski definition) is 7. The number of nitro groups is 1. The van der Waals surface area contributed by atoms with Gasteiger partial charge >= 0.3 is 0 Å². The fourth-order valence-corrected chi connectivity index (χ4v) is 4.27. The number of nitrogens with zero attached hydrogens (tertiary/aromatic N) is 2. The minimum absolute atomic E-state index is 0.133. The van der Waals surface area contributed by atoms with E-state index in [0.29, 0.717) is 17.7 Å². The second-order valence-electron chi connectivity index (χ2n) is 7.00. The van der Waals surface area contributed by atoms with Crippen molar-refractivity contribution in [3.05, 3.63) is 89.7 Å². The molecule has 32 heavy (non-hydrogen) atoms. The number of carbonyl (C=O) groups is 2. The van der Waals surface area contributed by atoms with Crippen LogP contribution in [-0.2, 0) is 6.42 Å². The molecule has 11 heteroatoms. The van der Waals surface area contributed by atoms with Gasteiger partial charge in [0.25, 0.3) is 23.1 Å². The lowest BCUT2D eigenvalue weighted by atomic mass is 10.0. The maximum atomic E-state index is 12.8. The van der Waals surface area contributed by atoms with Crippen LogP contribution in [0.4, 0.5) is 11.5 Å². The quantitative estimate of drug-likeness (QED) is 0.312. The monoisotopic (exact) mass is 498 g/mol. The summed E-state index contributed by atoms with van der Waals surface area (Å²) < 4.78 is 6.22. The van der Waals surface area contributed by atoms with Gasteiger partial charge in [0.05, 0.1) is 23.2 Å². The largest absolute Gasteiger partial charge is 0.497 e. The summed E-state index contributed by atoms with van der Waals surface area (Å²) in [6, 6.07) is 11.2. The van der Waals surface area contributed by atoms with E-state index >= 15 is 0 Å². The van der Waals surface area contributed by atoms with Crippen LogP contribution in [0.25, 0.3) is 5.69 Å². The first kappa shape index (κ1) is 21.2. The maximum absolute atomic E-state index is 12.8. The Labute approximate surface area is 188 Å². The zero-order chi connectivity index (χ0) is 23.2. The first-order chi connectivity index (χ1) is 15.2. The van der Waals surface area contributed by atoms with E-state index in [1.807, 2.05) is 12.1 Å². The molecule has 0 unspecified atom stereocenters. The van der Waals surface area contributed by atoms with Gasteiger partial charge in [-0.25, -0.2) is 0 Å². The molecule has 0 saturated heterocycles.